The van der Waals surface area contributed by atoms with Gasteiger partial charge < -0.3 is 9.84 Å². The molecule has 1 aromatic heterocycles. The van der Waals surface area contributed by atoms with E-state index in [-0.39, 0.29) is 11.8 Å². The van der Waals surface area contributed by atoms with Crippen LogP contribution in [0.3, 0.4) is 0 Å². The van der Waals surface area contributed by atoms with Crippen LogP contribution in [-0.2, 0) is 0 Å². The summed E-state index contributed by atoms with van der Waals surface area (Å²) in [4.78, 5) is 4.46. The Labute approximate surface area is 161 Å². The Bertz CT molecular complexity index is 1040. The highest BCUT2D eigenvalue weighted by molar-refractivity contribution is 6.30. The van der Waals surface area contributed by atoms with E-state index in [0.717, 1.165) is 28.3 Å². The molecule has 2 aromatic carbocycles. The molecule has 2 aliphatic rings. The lowest BCUT2D eigenvalue weighted by molar-refractivity contribution is -0.0218. The third kappa shape index (κ3) is 2.71. The topological polar surface area (TPSA) is 58.0 Å². The maximum atomic E-state index is 10.3. The Morgan fingerprint density at radius 3 is 2.74 bits per heavy atom. The summed E-state index contributed by atoms with van der Waals surface area (Å²) < 4.78 is 6.24. The number of fused-ring (bicyclic) bond motifs is 3. The first kappa shape index (κ1) is 16.1. The molecule has 0 bridgehead atoms. The second-order valence-corrected chi connectivity index (χ2v) is 7.01. The van der Waals surface area contributed by atoms with Crippen molar-refractivity contribution in [3.05, 3.63) is 88.7 Å². The van der Waals surface area contributed by atoms with Gasteiger partial charge in [-0.25, -0.2) is 5.01 Å². The van der Waals surface area contributed by atoms with Crippen molar-refractivity contribution in [1.82, 2.24) is 9.99 Å². The zero-order chi connectivity index (χ0) is 18.4. The number of benzene rings is 2. The molecule has 0 radical (unpaired) electrons. The minimum Gasteiger partial charge on any atom is -0.507 e. The van der Waals surface area contributed by atoms with E-state index in [1.807, 2.05) is 53.5 Å². The Morgan fingerprint density at radius 2 is 1.93 bits per heavy atom. The SMILES string of the molecule is Oc1ccccc1C1=NN2[C@H](C1)c1cc(Cl)ccc1O[C@H]2c1ccccn1. The fourth-order valence-corrected chi connectivity index (χ4v) is 3.84. The first-order valence-corrected chi connectivity index (χ1v) is 9.10. The molecule has 0 unspecified atom stereocenters. The Morgan fingerprint density at radius 1 is 1.07 bits per heavy atom. The van der Waals surface area contributed by atoms with Crippen molar-refractivity contribution in [2.45, 2.75) is 18.7 Å². The van der Waals surface area contributed by atoms with Crippen molar-refractivity contribution in [3.8, 4) is 11.5 Å². The van der Waals surface area contributed by atoms with Gasteiger partial charge in [0.05, 0.1) is 11.8 Å². The fourth-order valence-electron chi connectivity index (χ4n) is 3.66. The molecule has 5 nitrogen and oxygen atoms in total. The van der Waals surface area contributed by atoms with Gasteiger partial charge in [0.15, 0.2) is 0 Å². The Balaban J connectivity index is 1.63. The summed E-state index contributed by atoms with van der Waals surface area (Å²) in [6.07, 6.45) is 1.96. The fraction of sp³-hybridized carbons (Fsp3) is 0.143. The zero-order valence-corrected chi connectivity index (χ0v) is 15.0. The number of para-hydroxylation sites is 1. The summed E-state index contributed by atoms with van der Waals surface area (Å²) in [5, 5.41) is 17.6. The van der Waals surface area contributed by atoms with Gasteiger partial charge in [0, 0.05) is 28.8 Å². The highest BCUT2D eigenvalue weighted by Gasteiger charge is 2.41. The molecule has 0 fully saturated rings. The highest BCUT2D eigenvalue weighted by Crippen LogP contribution is 2.48. The number of hydrogen-bond acceptors (Lipinski definition) is 5. The third-order valence-corrected chi connectivity index (χ3v) is 5.14. The molecule has 0 amide bonds. The molecule has 0 saturated carbocycles. The molecule has 0 saturated heterocycles. The van der Waals surface area contributed by atoms with Gasteiger partial charge in [0.25, 0.3) is 0 Å². The van der Waals surface area contributed by atoms with E-state index in [9.17, 15) is 5.11 Å². The molecule has 0 spiro atoms. The quantitative estimate of drug-likeness (QED) is 0.704. The van der Waals surface area contributed by atoms with Crippen LogP contribution >= 0.6 is 11.6 Å². The first-order chi connectivity index (χ1) is 13.2. The van der Waals surface area contributed by atoms with E-state index in [2.05, 4.69) is 4.98 Å². The van der Waals surface area contributed by atoms with Crippen LogP contribution in [0.1, 0.15) is 35.5 Å². The lowest BCUT2D eigenvalue weighted by atomic mass is 9.96. The molecular weight excluding hydrogens is 362 g/mol. The summed E-state index contributed by atoms with van der Waals surface area (Å²) in [5.41, 5.74) is 3.32. The number of aromatic nitrogens is 1. The first-order valence-electron chi connectivity index (χ1n) is 8.72. The van der Waals surface area contributed by atoms with Crippen LogP contribution in [0.25, 0.3) is 0 Å². The molecule has 3 aromatic rings. The largest absolute Gasteiger partial charge is 0.507 e. The molecule has 134 valence electrons. The van der Waals surface area contributed by atoms with Gasteiger partial charge in [0.2, 0.25) is 6.23 Å². The second-order valence-electron chi connectivity index (χ2n) is 6.57. The molecule has 1 N–H and O–H groups in total. The van der Waals surface area contributed by atoms with Crippen LogP contribution in [0.5, 0.6) is 11.5 Å². The summed E-state index contributed by atoms with van der Waals surface area (Å²) >= 11 is 6.24. The average Bonchev–Trinajstić information content (AvgIpc) is 3.14. The zero-order valence-electron chi connectivity index (χ0n) is 14.3. The minimum atomic E-state index is -0.437. The lowest BCUT2D eigenvalue weighted by Crippen LogP contribution is -2.34. The number of phenolic OH excluding ortho intramolecular Hbond substituents is 1. The number of rotatable bonds is 2. The molecule has 2 aliphatic heterocycles. The normalized spacial score (nSPS) is 20.5. The van der Waals surface area contributed by atoms with E-state index in [0.29, 0.717) is 11.4 Å². The van der Waals surface area contributed by atoms with E-state index >= 15 is 0 Å². The molecule has 27 heavy (non-hydrogen) atoms. The van der Waals surface area contributed by atoms with Crippen molar-refractivity contribution < 1.29 is 9.84 Å². The smallest absolute Gasteiger partial charge is 0.230 e. The van der Waals surface area contributed by atoms with Crippen molar-refractivity contribution in [3.63, 3.8) is 0 Å². The predicted octanol–water partition coefficient (Wildman–Crippen LogP) is 4.68. The van der Waals surface area contributed by atoms with Gasteiger partial charge in [-0.3, -0.25) is 4.98 Å². The summed E-state index contributed by atoms with van der Waals surface area (Å²) in [7, 11) is 0. The molecule has 3 heterocycles. The monoisotopic (exact) mass is 377 g/mol. The van der Waals surface area contributed by atoms with Crippen LogP contribution in [-0.4, -0.2) is 20.8 Å². The van der Waals surface area contributed by atoms with Crippen LogP contribution in [0.15, 0.2) is 72.0 Å². The number of nitrogens with zero attached hydrogens (tertiary/aromatic N) is 3. The molecular formula is C21H16ClN3O2. The number of hydrazone groups is 1. The molecule has 0 aliphatic carbocycles. The number of ether oxygens (including phenoxy) is 1. The van der Waals surface area contributed by atoms with Gasteiger partial charge >= 0.3 is 0 Å². The Hall–Kier alpha value is -3.05. The molecule has 5 rings (SSSR count). The van der Waals surface area contributed by atoms with E-state index in [1.165, 1.54) is 0 Å². The maximum absolute atomic E-state index is 10.3. The molecule has 2 atom stereocenters. The third-order valence-electron chi connectivity index (χ3n) is 4.91. The Kier molecular flexibility index (Phi) is 3.76. The van der Waals surface area contributed by atoms with Crippen molar-refractivity contribution in [2.24, 2.45) is 5.10 Å². The minimum absolute atomic E-state index is 0.0333. The van der Waals surface area contributed by atoms with Crippen LogP contribution in [0.2, 0.25) is 5.02 Å². The number of pyridine rings is 1. The number of phenols is 1. The summed E-state index contributed by atoms with van der Waals surface area (Å²) in [6, 6.07) is 18.6. The van der Waals surface area contributed by atoms with Crippen molar-refractivity contribution in [1.29, 1.82) is 0 Å². The van der Waals surface area contributed by atoms with Crippen LogP contribution < -0.4 is 4.74 Å². The summed E-state index contributed by atoms with van der Waals surface area (Å²) in [6.45, 7) is 0. The number of hydrogen-bond donors (Lipinski definition) is 1. The van der Waals surface area contributed by atoms with Gasteiger partial charge in [0.1, 0.15) is 17.2 Å². The van der Waals surface area contributed by atoms with Gasteiger partial charge in [-0.2, -0.15) is 5.10 Å². The number of aromatic hydroxyl groups is 1. The second kappa shape index (κ2) is 6.28. The summed E-state index contributed by atoms with van der Waals surface area (Å²) in [5.74, 6) is 1.00. The maximum Gasteiger partial charge on any atom is 0.230 e. The van der Waals surface area contributed by atoms with E-state index in [1.54, 1.807) is 18.3 Å². The van der Waals surface area contributed by atoms with E-state index in [4.69, 9.17) is 21.4 Å². The predicted molar refractivity (Wildman–Crippen MR) is 103 cm³/mol. The van der Waals surface area contributed by atoms with Gasteiger partial charge in [-0.1, -0.05) is 29.8 Å². The number of halogens is 1. The van der Waals surface area contributed by atoms with Crippen LogP contribution in [0.4, 0.5) is 0 Å². The van der Waals surface area contributed by atoms with Crippen molar-refractivity contribution >= 4 is 17.3 Å². The van der Waals surface area contributed by atoms with E-state index < -0.39 is 6.23 Å². The van der Waals surface area contributed by atoms with Gasteiger partial charge in [-0.15, -0.1) is 0 Å². The standard InChI is InChI=1S/C21H16ClN3O2/c22-13-8-9-20-15(11-13)18-12-17(14-5-1-2-7-19(14)26)24-25(18)21(27-20)16-6-3-4-10-23-16/h1-11,18,21,26H,12H2/t18-,21+/m1/s1. The highest BCUT2D eigenvalue weighted by atomic mass is 35.5. The average molecular weight is 378 g/mol. The van der Waals surface area contributed by atoms with Gasteiger partial charge in [-0.05, 0) is 42.5 Å². The molecule has 6 heteroatoms. The lowest BCUT2D eigenvalue weighted by Gasteiger charge is -2.37. The van der Waals surface area contributed by atoms with Crippen molar-refractivity contribution in [2.75, 3.05) is 0 Å². The van der Waals surface area contributed by atoms with Crippen LogP contribution in [0, 0.1) is 0 Å².